The topological polar surface area (TPSA) is 42.7 Å². The lowest BCUT2D eigenvalue weighted by Crippen LogP contribution is -2.19. The normalized spacial score (nSPS) is 11.3. The Bertz CT molecular complexity index is 582. The Labute approximate surface area is 127 Å². The van der Waals surface area contributed by atoms with Crippen LogP contribution < -0.4 is 5.32 Å². The molecule has 1 N–H and O–H groups in total. The predicted molar refractivity (Wildman–Crippen MR) is 86.8 cm³/mol. The van der Waals surface area contributed by atoms with Crippen molar-refractivity contribution in [2.24, 2.45) is 5.92 Å². The maximum Gasteiger partial charge on any atom is 0.153 e. The number of rotatable bonds is 6. The van der Waals surface area contributed by atoms with E-state index in [1.165, 1.54) is 16.8 Å². The summed E-state index contributed by atoms with van der Waals surface area (Å²) in [7, 11) is 0. The molecule has 0 aliphatic rings. The van der Waals surface area contributed by atoms with Gasteiger partial charge in [-0.05, 0) is 49.9 Å². The average molecular weight is 286 g/mol. The molecule has 4 heteroatoms. The van der Waals surface area contributed by atoms with E-state index in [-0.39, 0.29) is 0 Å². The highest BCUT2D eigenvalue weighted by Gasteiger charge is 2.11. The molecule has 2 aromatic heterocycles. The van der Waals surface area contributed by atoms with E-state index in [2.05, 4.69) is 56.1 Å². The molecular weight excluding hydrogens is 260 g/mol. The van der Waals surface area contributed by atoms with Gasteiger partial charge in [0.25, 0.3) is 0 Å². The van der Waals surface area contributed by atoms with E-state index in [4.69, 9.17) is 0 Å². The van der Waals surface area contributed by atoms with Crippen molar-refractivity contribution in [3.63, 3.8) is 0 Å². The Balaban J connectivity index is 2.12. The number of nitrogens with one attached hydrogen (secondary N) is 1. The number of aromatic nitrogens is 3. The molecule has 2 rings (SSSR count). The molecule has 21 heavy (non-hydrogen) atoms. The van der Waals surface area contributed by atoms with E-state index < -0.39 is 0 Å². The molecule has 0 aromatic carbocycles. The molecule has 0 atom stereocenters. The Morgan fingerprint density at radius 3 is 2.52 bits per heavy atom. The number of pyridine rings is 1. The minimum atomic E-state index is 0.666. The van der Waals surface area contributed by atoms with Crippen LogP contribution in [0.2, 0.25) is 0 Å². The molecule has 114 valence electrons. The first-order chi connectivity index (χ1) is 10.0. The number of hydrogen-bond donors (Lipinski definition) is 1. The monoisotopic (exact) mass is 286 g/mol. The highest BCUT2D eigenvalue weighted by atomic mass is 15.3. The van der Waals surface area contributed by atoms with Crippen molar-refractivity contribution in [1.82, 2.24) is 20.1 Å². The first kappa shape index (κ1) is 15.7. The van der Waals surface area contributed by atoms with Gasteiger partial charge in [-0.25, -0.2) is 9.67 Å². The highest BCUT2D eigenvalue weighted by molar-refractivity contribution is 5.33. The maximum absolute atomic E-state index is 4.60. The summed E-state index contributed by atoms with van der Waals surface area (Å²) in [5.41, 5.74) is 4.81. The van der Waals surface area contributed by atoms with Crippen LogP contribution in [0.15, 0.2) is 18.3 Å². The van der Waals surface area contributed by atoms with Crippen molar-refractivity contribution in [2.75, 3.05) is 6.54 Å². The van der Waals surface area contributed by atoms with Crippen LogP contribution in [0.3, 0.4) is 0 Å². The lowest BCUT2D eigenvalue weighted by Gasteiger charge is -2.08. The first-order valence-electron chi connectivity index (χ1n) is 7.74. The van der Waals surface area contributed by atoms with E-state index >= 15 is 0 Å². The first-order valence-corrected chi connectivity index (χ1v) is 7.74. The summed E-state index contributed by atoms with van der Waals surface area (Å²) < 4.78 is 1.94. The molecule has 2 heterocycles. The van der Waals surface area contributed by atoms with Crippen molar-refractivity contribution in [3.05, 3.63) is 40.8 Å². The van der Waals surface area contributed by atoms with E-state index in [0.717, 1.165) is 31.0 Å². The van der Waals surface area contributed by atoms with Crippen LogP contribution in [0, 0.1) is 19.8 Å². The van der Waals surface area contributed by atoms with Gasteiger partial charge in [-0.2, -0.15) is 5.10 Å². The zero-order valence-corrected chi connectivity index (χ0v) is 13.8. The molecular formula is C17H26N4. The van der Waals surface area contributed by atoms with Crippen LogP contribution in [0.5, 0.6) is 0 Å². The Hall–Kier alpha value is -1.68. The fraction of sp³-hybridized carbons (Fsp3) is 0.529. The van der Waals surface area contributed by atoms with Gasteiger partial charge >= 0.3 is 0 Å². The highest BCUT2D eigenvalue weighted by Crippen LogP contribution is 2.17. The Kier molecular flexibility index (Phi) is 5.12. The summed E-state index contributed by atoms with van der Waals surface area (Å²) >= 11 is 0. The minimum absolute atomic E-state index is 0.666. The zero-order valence-electron chi connectivity index (χ0n) is 13.8. The van der Waals surface area contributed by atoms with Gasteiger partial charge in [0, 0.05) is 18.4 Å². The molecule has 0 bridgehead atoms. The molecule has 2 aromatic rings. The van der Waals surface area contributed by atoms with E-state index in [9.17, 15) is 0 Å². The Morgan fingerprint density at radius 2 is 2.00 bits per heavy atom. The lowest BCUT2D eigenvalue weighted by atomic mass is 10.1. The standard InChI is InChI=1S/C17H26N4/c1-6-16-13(4)20-21(14(16)5)17-8-7-15(11-19-17)10-18-9-12(2)3/h7-8,11-12,18H,6,9-10H2,1-5H3. The molecule has 0 aliphatic heterocycles. The van der Waals surface area contributed by atoms with Gasteiger partial charge in [0.2, 0.25) is 0 Å². The second kappa shape index (κ2) is 6.85. The van der Waals surface area contributed by atoms with Gasteiger partial charge in [0.05, 0.1) is 5.69 Å². The molecule has 0 amide bonds. The van der Waals surface area contributed by atoms with Crippen LogP contribution >= 0.6 is 0 Å². The Morgan fingerprint density at radius 1 is 1.24 bits per heavy atom. The van der Waals surface area contributed by atoms with E-state index in [0.29, 0.717) is 5.92 Å². The van der Waals surface area contributed by atoms with Crippen LogP contribution in [0.25, 0.3) is 5.82 Å². The maximum atomic E-state index is 4.60. The summed E-state index contributed by atoms with van der Waals surface area (Å²) in [5, 5.41) is 8.04. The fourth-order valence-corrected chi connectivity index (χ4v) is 2.56. The quantitative estimate of drug-likeness (QED) is 0.887. The minimum Gasteiger partial charge on any atom is -0.312 e. The molecule has 0 fully saturated rings. The molecule has 4 nitrogen and oxygen atoms in total. The number of hydrogen-bond acceptors (Lipinski definition) is 3. The van der Waals surface area contributed by atoms with Gasteiger partial charge in [-0.3, -0.25) is 0 Å². The third-order valence-electron chi connectivity index (χ3n) is 3.70. The van der Waals surface area contributed by atoms with E-state index in [1.807, 2.05) is 16.9 Å². The zero-order chi connectivity index (χ0) is 15.4. The van der Waals surface area contributed by atoms with Crippen molar-refractivity contribution in [1.29, 1.82) is 0 Å². The summed E-state index contributed by atoms with van der Waals surface area (Å²) in [6, 6.07) is 4.17. The van der Waals surface area contributed by atoms with Gasteiger partial charge < -0.3 is 5.32 Å². The van der Waals surface area contributed by atoms with Gasteiger partial charge in [0.15, 0.2) is 5.82 Å². The second-order valence-electron chi connectivity index (χ2n) is 5.96. The van der Waals surface area contributed by atoms with Gasteiger partial charge in [0.1, 0.15) is 0 Å². The van der Waals surface area contributed by atoms with Crippen LogP contribution in [0.4, 0.5) is 0 Å². The van der Waals surface area contributed by atoms with Crippen molar-refractivity contribution >= 4 is 0 Å². The van der Waals surface area contributed by atoms with Crippen LogP contribution in [-0.4, -0.2) is 21.3 Å². The van der Waals surface area contributed by atoms with E-state index in [1.54, 1.807) is 0 Å². The largest absolute Gasteiger partial charge is 0.312 e. The molecule has 0 aliphatic carbocycles. The third kappa shape index (κ3) is 3.70. The third-order valence-corrected chi connectivity index (χ3v) is 3.70. The van der Waals surface area contributed by atoms with Crippen molar-refractivity contribution < 1.29 is 0 Å². The molecule has 0 unspecified atom stereocenters. The molecule has 0 saturated heterocycles. The average Bonchev–Trinajstić information content (AvgIpc) is 2.74. The number of aryl methyl sites for hydroxylation is 1. The van der Waals surface area contributed by atoms with Gasteiger partial charge in [-0.1, -0.05) is 26.8 Å². The summed E-state index contributed by atoms with van der Waals surface area (Å²) in [4.78, 5) is 4.56. The second-order valence-corrected chi connectivity index (χ2v) is 5.96. The molecule has 0 saturated carbocycles. The van der Waals surface area contributed by atoms with Crippen LogP contribution in [-0.2, 0) is 13.0 Å². The van der Waals surface area contributed by atoms with Crippen LogP contribution in [0.1, 0.15) is 43.3 Å². The van der Waals surface area contributed by atoms with Gasteiger partial charge in [-0.15, -0.1) is 0 Å². The summed E-state index contributed by atoms with van der Waals surface area (Å²) in [6.45, 7) is 12.6. The summed E-state index contributed by atoms with van der Waals surface area (Å²) in [6.07, 6.45) is 2.94. The molecule has 0 radical (unpaired) electrons. The molecule has 0 spiro atoms. The smallest absolute Gasteiger partial charge is 0.153 e. The predicted octanol–water partition coefficient (Wildman–Crippen LogP) is 3.19. The van der Waals surface area contributed by atoms with Crippen molar-refractivity contribution in [3.8, 4) is 5.82 Å². The lowest BCUT2D eigenvalue weighted by molar-refractivity contribution is 0.552. The van der Waals surface area contributed by atoms with Crippen molar-refractivity contribution in [2.45, 2.75) is 47.6 Å². The summed E-state index contributed by atoms with van der Waals surface area (Å²) in [5.74, 6) is 1.56. The fourth-order valence-electron chi connectivity index (χ4n) is 2.56. The number of nitrogens with zero attached hydrogens (tertiary/aromatic N) is 3. The SMILES string of the molecule is CCc1c(C)nn(-c2ccc(CNCC(C)C)cn2)c1C.